The van der Waals surface area contributed by atoms with E-state index in [-0.39, 0.29) is 6.04 Å². The van der Waals surface area contributed by atoms with Crippen LogP contribution in [0.15, 0.2) is 55.1 Å². The molecule has 0 spiro atoms. The quantitative estimate of drug-likeness (QED) is 0.524. The maximum absolute atomic E-state index is 5.84. The molecule has 0 saturated carbocycles. The van der Waals surface area contributed by atoms with Gasteiger partial charge in [0.05, 0.1) is 6.04 Å². The van der Waals surface area contributed by atoms with Crippen molar-refractivity contribution >= 4 is 23.0 Å². The van der Waals surface area contributed by atoms with Gasteiger partial charge < -0.3 is 20.1 Å². The van der Waals surface area contributed by atoms with Crippen LogP contribution >= 0.6 is 12.2 Å². The lowest BCUT2D eigenvalue weighted by molar-refractivity contribution is 0.287. The van der Waals surface area contributed by atoms with Gasteiger partial charge in [-0.2, -0.15) is 0 Å². The molecular formula is C21H26N2O2S. The second kappa shape index (κ2) is 9.82. The molecule has 0 aromatic heterocycles. The lowest BCUT2D eigenvalue weighted by atomic mass is 10.1. The second-order valence-electron chi connectivity index (χ2n) is 6.18. The van der Waals surface area contributed by atoms with Crippen LogP contribution < -0.4 is 20.1 Å². The van der Waals surface area contributed by atoms with Crippen LogP contribution in [-0.4, -0.2) is 24.4 Å². The Morgan fingerprint density at radius 3 is 2.62 bits per heavy atom. The molecule has 0 amide bonds. The Bertz CT molecular complexity index is 761. The lowest BCUT2D eigenvalue weighted by Crippen LogP contribution is -2.39. The highest BCUT2D eigenvalue weighted by Gasteiger charge is 2.07. The zero-order valence-electron chi connectivity index (χ0n) is 15.5. The van der Waals surface area contributed by atoms with Crippen molar-refractivity contribution < 1.29 is 9.47 Å². The molecule has 0 fully saturated rings. The Balaban J connectivity index is 1.81. The molecule has 0 heterocycles. The summed E-state index contributed by atoms with van der Waals surface area (Å²) >= 11 is 5.38. The first-order valence-corrected chi connectivity index (χ1v) is 9.00. The summed E-state index contributed by atoms with van der Waals surface area (Å²) in [5.74, 6) is 1.64. The Hall–Kier alpha value is -2.53. The van der Waals surface area contributed by atoms with Crippen LogP contribution in [0.1, 0.15) is 18.1 Å². The lowest BCUT2D eigenvalue weighted by Gasteiger charge is -2.18. The summed E-state index contributed by atoms with van der Waals surface area (Å²) in [6.45, 7) is 10.8. The maximum Gasteiger partial charge on any atom is 0.171 e. The van der Waals surface area contributed by atoms with E-state index < -0.39 is 0 Å². The van der Waals surface area contributed by atoms with Crippen LogP contribution in [0, 0.1) is 13.8 Å². The first-order valence-electron chi connectivity index (χ1n) is 8.59. The topological polar surface area (TPSA) is 42.5 Å². The molecule has 0 bridgehead atoms. The van der Waals surface area contributed by atoms with Gasteiger partial charge in [-0.05, 0) is 68.4 Å². The summed E-state index contributed by atoms with van der Waals surface area (Å²) in [6, 6.07) is 13.8. The average molecular weight is 371 g/mol. The molecule has 0 saturated heterocycles. The van der Waals surface area contributed by atoms with Gasteiger partial charge >= 0.3 is 0 Å². The van der Waals surface area contributed by atoms with E-state index in [1.165, 1.54) is 11.1 Å². The molecule has 0 radical (unpaired) electrons. The summed E-state index contributed by atoms with van der Waals surface area (Å²) in [7, 11) is 0. The van der Waals surface area contributed by atoms with Crippen molar-refractivity contribution in [2.24, 2.45) is 0 Å². The van der Waals surface area contributed by atoms with Gasteiger partial charge in [0.2, 0.25) is 0 Å². The van der Waals surface area contributed by atoms with Gasteiger partial charge in [0.1, 0.15) is 24.7 Å². The number of ether oxygens (including phenoxy) is 2. The first kappa shape index (κ1) is 19.8. The Morgan fingerprint density at radius 2 is 1.88 bits per heavy atom. The van der Waals surface area contributed by atoms with E-state index in [9.17, 15) is 0 Å². The predicted octanol–water partition coefficient (Wildman–Crippen LogP) is 4.62. The SMILES string of the molecule is C=CCOc1cccc(NC(=S)NC(C)COc2ccc(C)c(C)c2)c1. The van der Waals surface area contributed by atoms with Crippen molar-refractivity contribution in [3.05, 3.63) is 66.2 Å². The number of thiocarbonyl (C=S) groups is 1. The zero-order valence-corrected chi connectivity index (χ0v) is 16.4. The van der Waals surface area contributed by atoms with Gasteiger partial charge in [-0.1, -0.05) is 24.8 Å². The maximum atomic E-state index is 5.84. The molecule has 2 N–H and O–H groups in total. The van der Waals surface area contributed by atoms with Crippen molar-refractivity contribution in [1.82, 2.24) is 5.32 Å². The summed E-state index contributed by atoms with van der Waals surface area (Å²) in [6.07, 6.45) is 1.71. The highest BCUT2D eigenvalue weighted by molar-refractivity contribution is 7.80. The predicted molar refractivity (Wildman–Crippen MR) is 112 cm³/mol. The second-order valence-corrected chi connectivity index (χ2v) is 6.59. The van der Waals surface area contributed by atoms with Crippen LogP contribution in [-0.2, 0) is 0 Å². The van der Waals surface area contributed by atoms with Crippen molar-refractivity contribution in [3.63, 3.8) is 0 Å². The highest BCUT2D eigenvalue weighted by Crippen LogP contribution is 2.18. The van der Waals surface area contributed by atoms with Crippen molar-refractivity contribution in [2.45, 2.75) is 26.8 Å². The minimum atomic E-state index is 0.0665. The van der Waals surface area contributed by atoms with Crippen LogP contribution in [0.25, 0.3) is 0 Å². The molecule has 4 nitrogen and oxygen atoms in total. The van der Waals surface area contributed by atoms with Gasteiger partial charge in [0.15, 0.2) is 5.11 Å². The Morgan fingerprint density at radius 1 is 1.12 bits per heavy atom. The fourth-order valence-corrected chi connectivity index (χ4v) is 2.60. The number of nitrogens with one attached hydrogen (secondary N) is 2. The van der Waals surface area contributed by atoms with E-state index in [1.54, 1.807) is 6.08 Å². The third-order valence-electron chi connectivity index (χ3n) is 3.82. The average Bonchev–Trinajstić information content (AvgIpc) is 2.61. The zero-order chi connectivity index (χ0) is 18.9. The fourth-order valence-electron chi connectivity index (χ4n) is 2.28. The van der Waals surface area contributed by atoms with E-state index in [4.69, 9.17) is 21.7 Å². The van der Waals surface area contributed by atoms with Crippen LogP contribution in [0.5, 0.6) is 11.5 Å². The molecule has 138 valence electrons. The number of anilines is 1. The summed E-state index contributed by atoms with van der Waals surface area (Å²) in [4.78, 5) is 0. The van der Waals surface area contributed by atoms with Crippen LogP contribution in [0.3, 0.4) is 0 Å². The number of benzene rings is 2. The smallest absolute Gasteiger partial charge is 0.171 e. The monoisotopic (exact) mass is 370 g/mol. The largest absolute Gasteiger partial charge is 0.491 e. The summed E-state index contributed by atoms with van der Waals surface area (Å²) in [5, 5.41) is 6.93. The fraction of sp³-hybridized carbons (Fsp3) is 0.286. The highest BCUT2D eigenvalue weighted by atomic mass is 32.1. The molecule has 2 rings (SSSR count). The third-order valence-corrected chi connectivity index (χ3v) is 4.04. The minimum absolute atomic E-state index is 0.0665. The minimum Gasteiger partial charge on any atom is -0.491 e. The molecule has 0 aliphatic carbocycles. The Labute approximate surface area is 161 Å². The molecule has 26 heavy (non-hydrogen) atoms. The molecule has 0 aliphatic heterocycles. The third kappa shape index (κ3) is 6.41. The molecule has 1 atom stereocenters. The summed E-state index contributed by atoms with van der Waals surface area (Å²) < 4.78 is 11.4. The van der Waals surface area contributed by atoms with Crippen LogP contribution in [0.2, 0.25) is 0 Å². The van der Waals surface area contributed by atoms with E-state index in [0.29, 0.717) is 18.3 Å². The number of hydrogen-bond acceptors (Lipinski definition) is 3. The molecular weight excluding hydrogens is 344 g/mol. The molecule has 2 aromatic rings. The number of rotatable bonds is 8. The van der Waals surface area contributed by atoms with Crippen molar-refractivity contribution in [2.75, 3.05) is 18.5 Å². The summed E-state index contributed by atoms with van der Waals surface area (Å²) in [5.41, 5.74) is 3.35. The van der Waals surface area contributed by atoms with Gasteiger partial charge in [-0.25, -0.2) is 0 Å². The van der Waals surface area contributed by atoms with Gasteiger partial charge in [-0.3, -0.25) is 0 Å². The molecule has 2 aromatic carbocycles. The van der Waals surface area contributed by atoms with E-state index in [0.717, 1.165) is 17.2 Å². The molecule has 0 aliphatic rings. The van der Waals surface area contributed by atoms with E-state index in [2.05, 4.69) is 37.1 Å². The Kier molecular flexibility index (Phi) is 7.48. The standard InChI is InChI=1S/C21H26N2O2S/c1-5-11-24-19-8-6-7-18(13-19)23-21(26)22-17(4)14-25-20-10-9-15(2)16(3)12-20/h5-10,12-13,17H,1,11,14H2,2-4H3,(H2,22,23,26). The number of aryl methyl sites for hydroxylation is 2. The number of hydrogen-bond donors (Lipinski definition) is 2. The van der Waals surface area contributed by atoms with Gasteiger partial charge in [0.25, 0.3) is 0 Å². The van der Waals surface area contributed by atoms with Gasteiger partial charge in [-0.15, -0.1) is 0 Å². The van der Waals surface area contributed by atoms with Gasteiger partial charge in [0, 0.05) is 11.8 Å². The molecule has 1 unspecified atom stereocenters. The van der Waals surface area contributed by atoms with Crippen molar-refractivity contribution in [1.29, 1.82) is 0 Å². The van der Waals surface area contributed by atoms with Crippen molar-refractivity contribution in [3.8, 4) is 11.5 Å². The van der Waals surface area contributed by atoms with Crippen LogP contribution in [0.4, 0.5) is 5.69 Å². The normalized spacial score (nSPS) is 11.3. The molecule has 5 heteroatoms. The van der Waals surface area contributed by atoms with E-state index in [1.807, 2.05) is 43.3 Å². The van der Waals surface area contributed by atoms with E-state index >= 15 is 0 Å². The first-order chi connectivity index (χ1) is 12.5.